The Kier molecular flexibility index (Phi) is 4.34. The Morgan fingerprint density at radius 2 is 1.81 bits per heavy atom. The molecule has 5 heteroatoms. The van der Waals surface area contributed by atoms with Crippen LogP contribution in [-0.4, -0.2) is 11.0 Å². The van der Waals surface area contributed by atoms with Crippen molar-refractivity contribution in [3.63, 3.8) is 0 Å². The van der Waals surface area contributed by atoms with Crippen LogP contribution in [0.3, 0.4) is 0 Å². The maximum absolute atomic E-state index is 10.8. The van der Waals surface area contributed by atoms with Crippen molar-refractivity contribution < 1.29 is 4.92 Å². The monoisotopic (exact) mass is 354 g/mol. The van der Waals surface area contributed by atoms with E-state index in [9.17, 15) is 10.1 Å². The van der Waals surface area contributed by atoms with Crippen LogP contribution < -0.4 is 5.32 Å². The van der Waals surface area contributed by atoms with E-state index in [1.54, 1.807) is 18.2 Å². The van der Waals surface area contributed by atoms with Crippen LogP contribution in [-0.2, 0) is 0 Å². The lowest BCUT2D eigenvalue weighted by atomic mass is 9.63. The van der Waals surface area contributed by atoms with Crippen molar-refractivity contribution in [1.82, 2.24) is 0 Å². The molecule has 1 N–H and O–H groups in total. The molecular formula is C16H23BrN2O2. The van der Waals surface area contributed by atoms with Gasteiger partial charge in [-0.25, -0.2) is 0 Å². The van der Waals surface area contributed by atoms with Crippen LogP contribution in [0.2, 0.25) is 0 Å². The third-order valence-electron chi connectivity index (χ3n) is 4.08. The third kappa shape index (κ3) is 4.19. The summed E-state index contributed by atoms with van der Waals surface area (Å²) in [6, 6.07) is 5.28. The van der Waals surface area contributed by atoms with Crippen LogP contribution in [0, 0.1) is 20.9 Å². The van der Waals surface area contributed by atoms with Gasteiger partial charge in [0.05, 0.1) is 4.92 Å². The van der Waals surface area contributed by atoms with Gasteiger partial charge in [-0.1, -0.05) is 27.7 Å². The van der Waals surface area contributed by atoms with E-state index in [0.717, 1.165) is 23.0 Å². The van der Waals surface area contributed by atoms with Gasteiger partial charge in [-0.2, -0.15) is 0 Å². The number of nitrogens with zero attached hydrogens (tertiary/aromatic N) is 1. The third-order valence-corrected chi connectivity index (χ3v) is 4.73. The number of non-ortho nitro benzene ring substituents is 1. The second-order valence-electron chi connectivity index (χ2n) is 7.68. The average Bonchev–Trinajstić information content (AvgIpc) is 2.27. The molecule has 1 fully saturated rings. The number of rotatable bonds is 3. The summed E-state index contributed by atoms with van der Waals surface area (Å²) in [6.45, 7) is 9.25. The molecule has 4 nitrogen and oxygen atoms in total. The summed E-state index contributed by atoms with van der Waals surface area (Å²) in [7, 11) is 0. The van der Waals surface area contributed by atoms with Gasteiger partial charge in [0.2, 0.25) is 0 Å². The number of anilines is 1. The summed E-state index contributed by atoms with van der Waals surface area (Å²) in [5, 5.41) is 14.3. The Labute approximate surface area is 134 Å². The molecule has 1 aliphatic carbocycles. The maximum atomic E-state index is 10.8. The predicted octanol–water partition coefficient (Wildman–Crippen LogP) is 5.37. The van der Waals surface area contributed by atoms with Gasteiger partial charge in [0.1, 0.15) is 0 Å². The first-order valence-corrected chi connectivity index (χ1v) is 8.08. The van der Waals surface area contributed by atoms with Crippen molar-refractivity contribution >= 4 is 27.3 Å². The van der Waals surface area contributed by atoms with E-state index in [1.807, 2.05) is 0 Å². The summed E-state index contributed by atoms with van der Waals surface area (Å²) < 4.78 is 0.748. The van der Waals surface area contributed by atoms with Crippen LogP contribution in [0.1, 0.15) is 47.0 Å². The fourth-order valence-corrected chi connectivity index (χ4v) is 4.38. The Morgan fingerprint density at radius 3 is 2.29 bits per heavy atom. The molecule has 0 amide bonds. The van der Waals surface area contributed by atoms with E-state index in [-0.39, 0.29) is 10.6 Å². The quantitative estimate of drug-likeness (QED) is 0.585. The first-order chi connectivity index (χ1) is 9.58. The lowest BCUT2D eigenvalue weighted by Crippen LogP contribution is -2.40. The summed E-state index contributed by atoms with van der Waals surface area (Å²) in [6.07, 6.45) is 3.44. The molecule has 0 unspecified atom stereocenters. The molecule has 0 saturated heterocycles. The molecule has 1 saturated carbocycles. The van der Waals surface area contributed by atoms with Crippen molar-refractivity contribution in [2.45, 2.75) is 53.0 Å². The fraction of sp³-hybridized carbons (Fsp3) is 0.625. The number of nitrogens with one attached hydrogen (secondary N) is 1. The van der Waals surface area contributed by atoms with Crippen LogP contribution in [0.15, 0.2) is 22.7 Å². The summed E-state index contributed by atoms with van der Waals surface area (Å²) in [4.78, 5) is 10.4. The minimum Gasteiger partial charge on any atom is -0.381 e. The molecule has 0 bridgehead atoms. The number of hydrogen-bond acceptors (Lipinski definition) is 3. The van der Waals surface area contributed by atoms with Crippen molar-refractivity contribution in [3.8, 4) is 0 Å². The van der Waals surface area contributed by atoms with E-state index in [4.69, 9.17) is 0 Å². The summed E-state index contributed by atoms with van der Waals surface area (Å²) in [5.41, 5.74) is 1.66. The van der Waals surface area contributed by atoms with E-state index >= 15 is 0 Å². The first-order valence-electron chi connectivity index (χ1n) is 7.29. The Morgan fingerprint density at radius 1 is 1.24 bits per heavy atom. The lowest BCUT2D eigenvalue weighted by Gasteiger charge is -2.45. The van der Waals surface area contributed by atoms with E-state index in [1.165, 1.54) is 6.42 Å². The molecule has 0 radical (unpaired) electrons. The molecule has 0 aromatic heterocycles. The predicted molar refractivity (Wildman–Crippen MR) is 89.6 cm³/mol. The Bertz CT molecular complexity index is 539. The normalized spacial score (nSPS) is 21.0. The van der Waals surface area contributed by atoms with E-state index in [2.05, 4.69) is 48.9 Å². The zero-order valence-electron chi connectivity index (χ0n) is 13.1. The van der Waals surface area contributed by atoms with Crippen molar-refractivity contribution in [3.05, 3.63) is 32.8 Å². The minimum absolute atomic E-state index is 0.108. The van der Waals surface area contributed by atoms with Gasteiger partial charge >= 0.3 is 0 Å². The molecule has 2 rings (SSSR count). The zero-order valence-corrected chi connectivity index (χ0v) is 14.7. The molecule has 0 aliphatic heterocycles. The van der Waals surface area contributed by atoms with Gasteiger partial charge in [0, 0.05) is 28.3 Å². The molecule has 0 atom stereocenters. The number of nitro benzene ring substituents is 1. The molecule has 0 heterocycles. The van der Waals surface area contributed by atoms with Crippen molar-refractivity contribution in [1.29, 1.82) is 0 Å². The molecular weight excluding hydrogens is 332 g/mol. The van der Waals surface area contributed by atoms with Gasteiger partial charge in [-0.05, 0) is 52.1 Å². The minimum atomic E-state index is -0.374. The second-order valence-corrected chi connectivity index (χ2v) is 8.53. The first kappa shape index (κ1) is 16.3. The average molecular weight is 355 g/mol. The fourth-order valence-electron chi connectivity index (χ4n) is 3.90. The molecule has 1 aliphatic rings. The molecule has 1 aromatic rings. The molecule has 0 spiro atoms. The van der Waals surface area contributed by atoms with E-state index < -0.39 is 0 Å². The highest BCUT2D eigenvalue weighted by atomic mass is 79.9. The van der Waals surface area contributed by atoms with Crippen LogP contribution in [0.4, 0.5) is 11.4 Å². The summed E-state index contributed by atoms with van der Waals surface area (Å²) in [5.74, 6) is 0. The van der Waals surface area contributed by atoms with Crippen molar-refractivity contribution in [2.75, 3.05) is 5.32 Å². The lowest BCUT2D eigenvalue weighted by molar-refractivity contribution is -0.384. The smallest absolute Gasteiger partial charge is 0.270 e. The maximum Gasteiger partial charge on any atom is 0.270 e. The highest BCUT2D eigenvalue weighted by Crippen LogP contribution is 2.46. The molecule has 116 valence electrons. The van der Waals surface area contributed by atoms with Gasteiger partial charge in [0.15, 0.2) is 0 Å². The number of benzene rings is 1. The topological polar surface area (TPSA) is 55.2 Å². The number of halogens is 1. The number of hydrogen-bond donors (Lipinski definition) is 1. The Hall–Kier alpha value is -1.10. The van der Waals surface area contributed by atoms with E-state index in [0.29, 0.717) is 16.9 Å². The highest BCUT2D eigenvalue weighted by Gasteiger charge is 2.38. The molecule has 1 aromatic carbocycles. The highest BCUT2D eigenvalue weighted by molar-refractivity contribution is 9.10. The van der Waals surface area contributed by atoms with Gasteiger partial charge in [-0.15, -0.1) is 0 Å². The van der Waals surface area contributed by atoms with Crippen LogP contribution in [0.5, 0.6) is 0 Å². The van der Waals surface area contributed by atoms with Gasteiger partial charge in [0.25, 0.3) is 5.69 Å². The van der Waals surface area contributed by atoms with Gasteiger partial charge in [-0.3, -0.25) is 10.1 Å². The number of nitro groups is 1. The molecule has 21 heavy (non-hydrogen) atoms. The second kappa shape index (κ2) is 5.59. The van der Waals surface area contributed by atoms with Crippen LogP contribution in [0.25, 0.3) is 0 Å². The van der Waals surface area contributed by atoms with Crippen LogP contribution >= 0.6 is 15.9 Å². The standard InChI is InChI=1S/C16H23BrN2O2/c1-15(2)8-11(9-16(3,4)10-15)18-14-6-5-12(19(20)21)7-13(14)17/h5-7,11,18H,8-10H2,1-4H3. The SMILES string of the molecule is CC1(C)CC(Nc2ccc([N+](=O)[O-])cc2Br)CC(C)(C)C1. The van der Waals surface area contributed by atoms with Crippen molar-refractivity contribution in [2.24, 2.45) is 10.8 Å². The zero-order chi connectivity index (χ0) is 15.8. The Balaban J connectivity index is 2.16. The largest absolute Gasteiger partial charge is 0.381 e. The summed E-state index contributed by atoms with van der Waals surface area (Å²) >= 11 is 3.43. The van der Waals surface area contributed by atoms with Gasteiger partial charge < -0.3 is 5.32 Å².